The van der Waals surface area contributed by atoms with Gasteiger partial charge in [-0.15, -0.1) is 0 Å². The highest BCUT2D eigenvalue weighted by Gasteiger charge is 2.26. The lowest BCUT2D eigenvalue weighted by Gasteiger charge is -1.77. The molecule has 0 aromatic rings. The number of carbonyl (C=O) groups is 1. The minimum absolute atomic E-state index is 0. The second kappa shape index (κ2) is 1.93. The summed E-state index contributed by atoms with van der Waals surface area (Å²) in [6, 6.07) is 0. The van der Waals surface area contributed by atoms with E-state index in [4.69, 9.17) is 5.73 Å². The van der Waals surface area contributed by atoms with Crippen molar-refractivity contribution >= 4 is 5.91 Å². The van der Waals surface area contributed by atoms with E-state index in [1.807, 2.05) is 0 Å². The molecule has 1 aliphatic rings. The van der Waals surface area contributed by atoms with Crippen molar-refractivity contribution < 1.29 is 10.3 Å². The number of nitrogens with two attached hydrogens (primary N) is 1. The van der Waals surface area contributed by atoms with Gasteiger partial charge in [0.25, 0.3) is 0 Å². The first-order valence-electron chi connectivity index (χ1n) is 2.10. The smallest absolute Gasteiger partial charge is 0.220 e. The Morgan fingerprint density at radius 3 is 2.00 bits per heavy atom. The van der Waals surface area contributed by atoms with Gasteiger partial charge >= 0.3 is 0 Å². The molecule has 1 amide bonds. The van der Waals surface area contributed by atoms with Crippen LogP contribution in [-0.2, 0) is 4.79 Å². The van der Waals surface area contributed by atoms with Gasteiger partial charge in [0.2, 0.25) is 5.91 Å². The Kier molecular flexibility index (Phi) is 1.77. The number of primary amides is 1. The van der Waals surface area contributed by atoms with Gasteiger partial charge in [-0.2, -0.15) is 0 Å². The standard InChI is InChI=1S/C4H7NO.H2O/c5-4(6)3-1-2-3;/h3H,1-2H2,(H2,5,6);1H2. The van der Waals surface area contributed by atoms with Crippen LogP contribution in [0.25, 0.3) is 0 Å². The number of hydrogen-bond acceptors (Lipinski definition) is 1. The predicted molar refractivity (Wildman–Crippen MR) is 25.5 cm³/mol. The van der Waals surface area contributed by atoms with E-state index in [2.05, 4.69) is 0 Å². The largest absolute Gasteiger partial charge is 0.412 e. The Labute approximate surface area is 41.8 Å². The Morgan fingerprint density at radius 1 is 1.57 bits per heavy atom. The topological polar surface area (TPSA) is 74.6 Å². The zero-order chi connectivity index (χ0) is 4.57. The summed E-state index contributed by atoms with van der Waals surface area (Å²) in [5.41, 5.74) is 4.86. The molecule has 3 heteroatoms. The minimum Gasteiger partial charge on any atom is -0.412 e. The van der Waals surface area contributed by atoms with E-state index in [0.29, 0.717) is 0 Å². The number of carbonyl (C=O) groups excluding carboxylic acids is 1. The second-order valence-electron chi connectivity index (χ2n) is 1.68. The SMILES string of the molecule is NC(=O)C1CC1.O. The third-order valence-electron chi connectivity index (χ3n) is 0.980. The highest BCUT2D eigenvalue weighted by Crippen LogP contribution is 2.27. The Balaban J connectivity index is 0.000000360. The van der Waals surface area contributed by atoms with Crippen LogP contribution in [0.3, 0.4) is 0 Å². The van der Waals surface area contributed by atoms with Gasteiger partial charge in [-0.05, 0) is 12.8 Å². The summed E-state index contributed by atoms with van der Waals surface area (Å²) in [7, 11) is 0. The summed E-state index contributed by atoms with van der Waals surface area (Å²) in [4.78, 5) is 9.98. The van der Waals surface area contributed by atoms with Crippen molar-refractivity contribution in [2.75, 3.05) is 0 Å². The van der Waals surface area contributed by atoms with E-state index in [0.717, 1.165) is 12.8 Å². The van der Waals surface area contributed by atoms with Gasteiger partial charge in [-0.25, -0.2) is 0 Å². The third-order valence-corrected chi connectivity index (χ3v) is 0.980. The summed E-state index contributed by atoms with van der Waals surface area (Å²) >= 11 is 0. The molecule has 0 bridgehead atoms. The monoisotopic (exact) mass is 103 g/mol. The lowest BCUT2D eigenvalue weighted by atomic mass is 10.4. The van der Waals surface area contributed by atoms with Crippen molar-refractivity contribution in [1.29, 1.82) is 0 Å². The van der Waals surface area contributed by atoms with Crippen molar-refractivity contribution in [3.05, 3.63) is 0 Å². The molecule has 0 aliphatic heterocycles. The normalized spacial score (nSPS) is 17.7. The molecular weight excluding hydrogens is 94.0 g/mol. The molecule has 7 heavy (non-hydrogen) atoms. The molecule has 0 radical (unpaired) electrons. The van der Waals surface area contributed by atoms with E-state index >= 15 is 0 Å². The van der Waals surface area contributed by atoms with Crippen molar-refractivity contribution in [2.24, 2.45) is 11.7 Å². The van der Waals surface area contributed by atoms with Crippen molar-refractivity contribution in [2.45, 2.75) is 12.8 Å². The highest BCUT2D eigenvalue weighted by atomic mass is 16.1. The van der Waals surface area contributed by atoms with E-state index in [1.54, 1.807) is 0 Å². The zero-order valence-electron chi connectivity index (χ0n) is 3.98. The zero-order valence-corrected chi connectivity index (χ0v) is 3.98. The van der Waals surface area contributed by atoms with Crippen LogP contribution in [0.5, 0.6) is 0 Å². The quantitative estimate of drug-likeness (QED) is 0.456. The lowest BCUT2D eigenvalue weighted by Crippen LogP contribution is -2.11. The molecule has 3 nitrogen and oxygen atoms in total. The first kappa shape index (κ1) is 6.43. The predicted octanol–water partition coefficient (Wildman–Crippen LogP) is -0.943. The molecular formula is C4H9NO2. The fourth-order valence-corrected chi connectivity index (χ4v) is 0.368. The van der Waals surface area contributed by atoms with Gasteiger partial charge in [0.05, 0.1) is 0 Å². The van der Waals surface area contributed by atoms with Crippen LogP contribution in [0.15, 0.2) is 0 Å². The maximum absolute atomic E-state index is 9.98. The molecule has 42 valence electrons. The molecule has 0 spiro atoms. The fraction of sp³-hybridized carbons (Fsp3) is 0.750. The van der Waals surface area contributed by atoms with E-state index < -0.39 is 0 Å². The van der Waals surface area contributed by atoms with Crippen LogP contribution < -0.4 is 5.73 Å². The third kappa shape index (κ3) is 1.55. The molecule has 0 heterocycles. The number of amides is 1. The maximum atomic E-state index is 9.98. The summed E-state index contributed by atoms with van der Waals surface area (Å²) in [5, 5.41) is 0. The van der Waals surface area contributed by atoms with E-state index in [9.17, 15) is 4.79 Å². The molecule has 0 unspecified atom stereocenters. The summed E-state index contributed by atoms with van der Waals surface area (Å²) in [6.45, 7) is 0. The second-order valence-corrected chi connectivity index (χ2v) is 1.68. The molecule has 1 rings (SSSR count). The minimum atomic E-state index is -0.130. The average Bonchev–Trinajstić information content (AvgIpc) is 2.06. The van der Waals surface area contributed by atoms with Crippen LogP contribution in [0.4, 0.5) is 0 Å². The molecule has 0 saturated heterocycles. The van der Waals surface area contributed by atoms with Crippen LogP contribution in [0, 0.1) is 5.92 Å². The lowest BCUT2D eigenvalue weighted by molar-refractivity contribution is -0.119. The first-order chi connectivity index (χ1) is 2.80. The molecule has 4 N–H and O–H groups in total. The van der Waals surface area contributed by atoms with Gasteiger partial charge in [-0.1, -0.05) is 0 Å². The van der Waals surface area contributed by atoms with Crippen LogP contribution >= 0.6 is 0 Å². The molecule has 0 atom stereocenters. The van der Waals surface area contributed by atoms with Gasteiger partial charge in [0.1, 0.15) is 0 Å². The first-order valence-corrected chi connectivity index (χ1v) is 2.10. The Hall–Kier alpha value is -0.570. The molecule has 1 saturated carbocycles. The van der Waals surface area contributed by atoms with Crippen LogP contribution in [0.1, 0.15) is 12.8 Å². The molecule has 1 fully saturated rings. The molecule has 0 aromatic carbocycles. The van der Waals surface area contributed by atoms with Gasteiger partial charge in [0, 0.05) is 5.92 Å². The van der Waals surface area contributed by atoms with Gasteiger partial charge < -0.3 is 11.2 Å². The summed E-state index contributed by atoms with van der Waals surface area (Å²) < 4.78 is 0. The van der Waals surface area contributed by atoms with Gasteiger partial charge in [0.15, 0.2) is 0 Å². The Morgan fingerprint density at radius 2 is 2.00 bits per heavy atom. The van der Waals surface area contributed by atoms with E-state index in [-0.39, 0.29) is 17.3 Å². The highest BCUT2D eigenvalue weighted by molar-refractivity contribution is 5.78. The Bertz CT molecular complexity index is 77.8. The molecule has 1 aliphatic carbocycles. The summed E-state index contributed by atoms with van der Waals surface area (Å²) in [5.74, 6) is 0.111. The van der Waals surface area contributed by atoms with Crippen molar-refractivity contribution in [1.82, 2.24) is 0 Å². The van der Waals surface area contributed by atoms with Crippen LogP contribution in [0.2, 0.25) is 0 Å². The van der Waals surface area contributed by atoms with Gasteiger partial charge in [-0.3, -0.25) is 4.79 Å². The van der Waals surface area contributed by atoms with Crippen molar-refractivity contribution in [3.63, 3.8) is 0 Å². The maximum Gasteiger partial charge on any atom is 0.220 e. The van der Waals surface area contributed by atoms with E-state index in [1.165, 1.54) is 0 Å². The van der Waals surface area contributed by atoms with Crippen LogP contribution in [-0.4, -0.2) is 11.4 Å². The molecule has 0 aromatic heterocycles. The fourth-order valence-electron chi connectivity index (χ4n) is 0.368. The number of rotatable bonds is 1. The number of hydrogen-bond donors (Lipinski definition) is 1. The van der Waals surface area contributed by atoms with Crippen molar-refractivity contribution in [3.8, 4) is 0 Å². The summed E-state index contributed by atoms with van der Waals surface area (Å²) in [6.07, 6.45) is 2.05. The average molecular weight is 103 g/mol.